The van der Waals surface area contributed by atoms with Gasteiger partial charge in [0.25, 0.3) is 0 Å². The van der Waals surface area contributed by atoms with Crippen LogP contribution in [-0.4, -0.2) is 0 Å². The topological polar surface area (TPSA) is 0 Å². The first-order valence-electron chi connectivity index (χ1n) is 3.06. The zero-order chi connectivity index (χ0) is 7.72. The van der Waals surface area contributed by atoms with Gasteiger partial charge in [-0.3, -0.25) is 0 Å². The van der Waals surface area contributed by atoms with Gasteiger partial charge in [-0.25, -0.2) is 0 Å². The van der Waals surface area contributed by atoms with Crippen LogP contribution in [0.15, 0.2) is 10.5 Å². The first-order chi connectivity index (χ1) is 4.61. The number of halogens is 2. The van der Waals surface area contributed by atoms with Crippen molar-refractivity contribution in [2.75, 3.05) is 0 Å². The van der Waals surface area contributed by atoms with E-state index in [1.165, 1.54) is 4.88 Å². The Morgan fingerprint density at radius 2 is 2.20 bits per heavy atom. The summed E-state index contributed by atoms with van der Waals surface area (Å²) in [5.74, 6) is 0.562. The van der Waals surface area contributed by atoms with E-state index in [9.17, 15) is 0 Å². The molecule has 0 radical (unpaired) electrons. The highest BCUT2D eigenvalue weighted by molar-refractivity contribution is 9.10. The molecule has 0 saturated heterocycles. The van der Waals surface area contributed by atoms with E-state index in [4.69, 9.17) is 11.6 Å². The molecule has 10 heavy (non-hydrogen) atoms. The van der Waals surface area contributed by atoms with Crippen LogP contribution in [0.1, 0.15) is 24.6 Å². The van der Waals surface area contributed by atoms with Gasteiger partial charge in [-0.15, -0.1) is 11.3 Å². The highest BCUT2D eigenvalue weighted by atomic mass is 79.9. The fourth-order valence-electron chi connectivity index (χ4n) is 0.748. The molecule has 0 aromatic carbocycles. The highest BCUT2D eigenvalue weighted by Crippen LogP contribution is 2.35. The SMILES string of the molecule is CC(C)c1sc(Cl)cc1Br. The highest BCUT2D eigenvalue weighted by Gasteiger charge is 2.07. The number of hydrogen-bond acceptors (Lipinski definition) is 1. The molecule has 3 heteroatoms. The van der Waals surface area contributed by atoms with Gasteiger partial charge in [0.1, 0.15) is 0 Å². The van der Waals surface area contributed by atoms with Crippen LogP contribution < -0.4 is 0 Å². The van der Waals surface area contributed by atoms with Crippen LogP contribution in [0.2, 0.25) is 4.34 Å². The van der Waals surface area contributed by atoms with E-state index < -0.39 is 0 Å². The Labute approximate surface area is 78.3 Å². The van der Waals surface area contributed by atoms with E-state index in [1.807, 2.05) is 6.07 Å². The van der Waals surface area contributed by atoms with Crippen molar-refractivity contribution in [2.24, 2.45) is 0 Å². The summed E-state index contributed by atoms with van der Waals surface area (Å²) in [6, 6.07) is 1.95. The predicted octanol–water partition coefficient (Wildman–Crippen LogP) is 4.29. The predicted molar refractivity (Wildman–Crippen MR) is 51.1 cm³/mol. The van der Waals surface area contributed by atoms with Crippen molar-refractivity contribution in [2.45, 2.75) is 19.8 Å². The summed E-state index contributed by atoms with van der Waals surface area (Å²) in [4.78, 5) is 1.32. The van der Waals surface area contributed by atoms with Gasteiger partial charge in [-0.05, 0) is 27.9 Å². The summed E-state index contributed by atoms with van der Waals surface area (Å²) in [5.41, 5.74) is 0. The van der Waals surface area contributed by atoms with Crippen molar-refractivity contribution in [3.8, 4) is 0 Å². The molecule has 0 unspecified atom stereocenters. The van der Waals surface area contributed by atoms with Crippen LogP contribution in [0.3, 0.4) is 0 Å². The normalized spacial score (nSPS) is 10.9. The Kier molecular flexibility index (Phi) is 2.78. The lowest BCUT2D eigenvalue weighted by atomic mass is 10.2. The number of thiophene rings is 1. The van der Waals surface area contributed by atoms with Crippen molar-refractivity contribution in [1.82, 2.24) is 0 Å². The maximum absolute atomic E-state index is 5.80. The Hall–Kier alpha value is 0.470. The molecule has 0 fully saturated rings. The molecule has 1 aromatic heterocycles. The summed E-state index contributed by atoms with van der Waals surface area (Å²) in [6.45, 7) is 4.32. The molecule has 0 bridgehead atoms. The van der Waals surface area contributed by atoms with Crippen LogP contribution in [0, 0.1) is 0 Å². The molecule has 0 amide bonds. The van der Waals surface area contributed by atoms with Gasteiger partial charge in [0.05, 0.1) is 4.34 Å². The summed E-state index contributed by atoms with van der Waals surface area (Å²) in [6.07, 6.45) is 0. The number of rotatable bonds is 1. The van der Waals surface area contributed by atoms with Crippen LogP contribution in [0.5, 0.6) is 0 Å². The second-order valence-electron chi connectivity index (χ2n) is 2.42. The molecule has 56 valence electrons. The minimum atomic E-state index is 0.562. The fraction of sp³-hybridized carbons (Fsp3) is 0.429. The largest absolute Gasteiger partial charge is 0.127 e. The third-order valence-corrected chi connectivity index (χ3v) is 3.69. The molecule has 0 N–H and O–H groups in total. The average molecular weight is 240 g/mol. The standard InChI is InChI=1S/C7H8BrClS/c1-4(2)7-5(8)3-6(9)10-7/h3-4H,1-2H3. The van der Waals surface area contributed by atoms with E-state index in [2.05, 4.69) is 29.8 Å². The van der Waals surface area contributed by atoms with Crippen molar-refractivity contribution in [3.63, 3.8) is 0 Å². The summed E-state index contributed by atoms with van der Waals surface area (Å²) < 4.78 is 1.99. The molecular weight excluding hydrogens is 232 g/mol. The van der Waals surface area contributed by atoms with E-state index in [1.54, 1.807) is 11.3 Å². The van der Waals surface area contributed by atoms with Gasteiger partial charge >= 0.3 is 0 Å². The molecule has 1 aromatic rings. The summed E-state index contributed by atoms with van der Waals surface area (Å²) in [5, 5.41) is 0. The Bertz CT molecular complexity index is 230. The van der Waals surface area contributed by atoms with Crippen LogP contribution in [0.4, 0.5) is 0 Å². The molecule has 0 aliphatic rings. The Balaban J connectivity index is 3.03. The first-order valence-corrected chi connectivity index (χ1v) is 5.04. The first kappa shape index (κ1) is 8.57. The van der Waals surface area contributed by atoms with Gasteiger partial charge in [-0.1, -0.05) is 25.4 Å². The maximum Gasteiger partial charge on any atom is 0.0942 e. The summed E-state index contributed by atoms with van der Waals surface area (Å²) >= 11 is 10.9. The lowest BCUT2D eigenvalue weighted by molar-refractivity contribution is 0.885. The van der Waals surface area contributed by atoms with Gasteiger partial charge in [0.15, 0.2) is 0 Å². The second-order valence-corrected chi connectivity index (χ2v) is 4.99. The minimum Gasteiger partial charge on any atom is -0.127 e. The Morgan fingerprint density at radius 3 is 2.40 bits per heavy atom. The van der Waals surface area contributed by atoms with E-state index in [-0.39, 0.29) is 0 Å². The van der Waals surface area contributed by atoms with Gasteiger partial charge in [0.2, 0.25) is 0 Å². The lowest BCUT2D eigenvalue weighted by Crippen LogP contribution is -1.80. The van der Waals surface area contributed by atoms with Crippen molar-refractivity contribution < 1.29 is 0 Å². The fourth-order valence-corrected chi connectivity index (χ4v) is 3.10. The van der Waals surface area contributed by atoms with Crippen LogP contribution >= 0.6 is 38.9 Å². The third-order valence-electron chi connectivity index (χ3n) is 1.21. The molecular formula is C7H8BrClS. The molecule has 0 nitrogen and oxygen atoms in total. The Morgan fingerprint density at radius 1 is 1.60 bits per heavy atom. The molecule has 0 aliphatic heterocycles. The van der Waals surface area contributed by atoms with Crippen molar-refractivity contribution in [3.05, 3.63) is 19.8 Å². The van der Waals surface area contributed by atoms with Crippen molar-refractivity contribution >= 4 is 38.9 Å². The molecule has 0 spiro atoms. The third kappa shape index (κ3) is 1.74. The van der Waals surface area contributed by atoms with E-state index in [0.29, 0.717) is 5.92 Å². The monoisotopic (exact) mass is 238 g/mol. The molecule has 0 atom stereocenters. The quantitative estimate of drug-likeness (QED) is 0.686. The van der Waals surface area contributed by atoms with Gasteiger partial charge < -0.3 is 0 Å². The van der Waals surface area contributed by atoms with Gasteiger partial charge in [0, 0.05) is 9.35 Å². The lowest BCUT2D eigenvalue weighted by Gasteiger charge is -1.99. The van der Waals surface area contributed by atoms with Crippen molar-refractivity contribution in [1.29, 1.82) is 0 Å². The maximum atomic E-state index is 5.80. The summed E-state index contributed by atoms with van der Waals surface area (Å²) in [7, 11) is 0. The van der Waals surface area contributed by atoms with E-state index in [0.717, 1.165) is 8.81 Å². The molecule has 0 saturated carbocycles. The van der Waals surface area contributed by atoms with Gasteiger partial charge in [-0.2, -0.15) is 0 Å². The zero-order valence-electron chi connectivity index (χ0n) is 5.82. The van der Waals surface area contributed by atoms with E-state index >= 15 is 0 Å². The molecule has 1 heterocycles. The minimum absolute atomic E-state index is 0.562. The second kappa shape index (κ2) is 3.24. The van der Waals surface area contributed by atoms with Crippen LogP contribution in [-0.2, 0) is 0 Å². The molecule has 1 rings (SSSR count). The zero-order valence-corrected chi connectivity index (χ0v) is 8.98. The smallest absolute Gasteiger partial charge is 0.0942 e. The number of hydrogen-bond donors (Lipinski definition) is 0. The molecule has 0 aliphatic carbocycles. The van der Waals surface area contributed by atoms with Crippen LogP contribution in [0.25, 0.3) is 0 Å². The average Bonchev–Trinajstić information content (AvgIpc) is 2.10.